The van der Waals surface area contributed by atoms with Gasteiger partial charge in [-0.3, -0.25) is 14.4 Å². The number of ether oxygens (including phenoxy) is 2. The van der Waals surface area contributed by atoms with Gasteiger partial charge in [-0.1, -0.05) is 20.8 Å². The van der Waals surface area contributed by atoms with E-state index in [-0.39, 0.29) is 18.6 Å². The van der Waals surface area contributed by atoms with Crippen molar-refractivity contribution >= 4 is 17.9 Å². The fraction of sp³-hybridized carbons (Fsp3) is 0.800. The summed E-state index contributed by atoms with van der Waals surface area (Å²) >= 11 is 0. The molecule has 0 saturated carbocycles. The van der Waals surface area contributed by atoms with Gasteiger partial charge in [-0.15, -0.1) is 0 Å². The first-order valence-electron chi connectivity index (χ1n) is 7.35. The first-order chi connectivity index (χ1) is 9.72. The van der Waals surface area contributed by atoms with E-state index in [4.69, 9.17) is 9.47 Å². The lowest BCUT2D eigenvalue weighted by Crippen LogP contribution is -2.33. The van der Waals surface area contributed by atoms with Crippen molar-refractivity contribution in [3.05, 3.63) is 0 Å². The van der Waals surface area contributed by atoms with Crippen molar-refractivity contribution in [3.8, 4) is 0 Å². The van der Waals surface area contributed by atoms with Gasteiger partial charge in [-0.05, 0) is 26.7 Å². The van der Waals surface area contributed by atoms with E-state index in [1.807, 2.05) is 13.8 Å². The molecule has 6 heteroatoms. The minimum atomic E-state index is -1.20. The van der Waals surface area contributed by atoms with Crippen LogP contribution in [0.4, 0.5) is 0 Å². The molecule has 0 radical (unpaired) electrons. The van der Waals surface area contributed by atoms with Gasteiger partial charge in [0.25, 0.3) is 0 Å². The third-order valence-corrected chi connectivity index (χ3v) is 3.48. The number of esters is 2. The van der Waals surface area contributed by atoms with Crippen LogP contribution >= 0.6 is 0 Å². The van der Waals surface area contributed by atoms with Gasteiger partial charge in [0, 0.05) is 0 Å². The Bertz CT molecular complexity index is 365. The number of carbonyl (C=O) groups is 3. The minimum Gasteiger partial charge on any atom is -0.481 e. The molecule has 0 aromatic rings. The third-order valence-electron chi connectivity index (χ3n) is 3.48. The second-order valence-corrected chi connectivity index (χ2v) is 5.30. The van der Waals surface area contributed by atoms with E-state index < -0.39 is 29.7 Å². The van der Waals surface area contributed by atoms with E-state index >= 15 is 0 Å². The van der Waals surface area contributed by atoms with Crippen molar-refractivity contribution < 1.29 is 29.0 Å². The van der Waals surface area contributed by atoms with Gasteiger partial charge in [-0.2, -0.15) is 0 Å². The zero-order chi connectivity index (χ0) is 16.6. The normalized spacial score (nSPS) is 16.4. The number of carboxylic acid groups (broad SMARTS) is 1. The second-order valence-electron chi connectivity index (χ2n) is 5.30. The Morgan fingerprint density at radius 1 is 0.952 bits per heavy atom. The highest BCUT2D eigenvalue weighted by Crippen LogP contribution is 2.20. The van der Waals surface area contributed by atoms with E-state index in [1.54, 1.807) is 13.8 Å². The van der Waals surface area contributed by atoms with Gasteiger partial charge >= 0.3 is 17.9 Å². The molecule has 0 heterocycles. The standard InChI is InChI=1S/C15H26O6/c1-6-9(3)20-13(16)8-12(14(17)18)11(5)15(19)21-10(4)7-2/h9-12H,6-8H2,1-5H3,(H,17,18). The summed E-state index contributed by atoms with van der Waals surface area (Å²) in [4.78, 5) is 34.9. The van der Waals surface area contributed by atoms with Crippen LogP contribution in [-0.4, -0.2) is 35.2 Å². The molecule has 0 aliphatic rings. The van der Waals surface area contributed by atoms with Crippen LogP contribution in [0.2, 0.25) is 0 Å². The molecule has 4 atom stereocenters. The van der Waals surface area contributed by atoms with Gasteiger partial charge in [0.05, 0.1) is 30.5 Å². The van der Waals surface area contributed by atoms with Gasteiger partial charge in [-0.25, -0.2) is 0 Å². The maximum Gasteiger partial charge on any atom is 0.309 e. The molecule has 0 aromatic carbocycles. The summed E-state index contributed by atoms with van der Waals surface area (Å²) in [6, 6.07) is 0. The molecule has 0 aromatic heterocycles. The summed E-state index contributed by atoms with van der Waals surface area (Å²) in [5.74, 6) is -4.46. The van der Waals surface area contributed by atoms with Crippen LogP contribution in [-0.2, 0) is 23.9 Å². The quantitative estimate of drug-likeness (QED) is 0.658. The number of hydrogen-bond acceptors (Lipinski definition) is 5. The average molecular weight is 302 g/mol. The minimum absolute atomic E-state index is 0.269. The zero-order valence-electron chi connectivity index (χ0n) is 13.4. The topological polar surface area (TPSA) is 89.9 Å². The largest absolute Gasteiger partial charge is 0.481 e. The molecule has 122 valence electrons. The second kappa shape index (κ2) is 9.37. The van der Waals surface area contributed by atoms with Crippen LogP contribution in [0.5, 0.6) is 0 Å². The lowest BCUT2D eigenvalue weighted by Gasteiger charge is -2.21. The third kappa shape index (κ3) is 7.11. The van der Waals surface area contributed by atoms with Crippen LogP contribution < -0.4 is 0 Å². The molecular weight excluding hydrogens is 276 g/mol. The number of carbonyl (C=O) groups excluding carboxylic acids is 2. The average Bonchev–Trinajstić information content (AvgIpc) is 2.43. The monoisotopic (exact) mass is 302 g/mol. The van der Waals surface area contributed by atoms with Crippen LogP contribution in [0.15, 0.2) is 0 Å². The predicted molar refractivity (Wildman–Crippen MR) is 76.6 cm³/mol. The van der Waals surface area contributed by atoms with E-state index in [1.165, 1.54) is 6.92 Å². The molecule has 6 nitrogen and oxygen atoms in total. The highest BCUT2D eigenvalue weighted by molar-refractivity contribution is 5.84. The molecule has 0 aliphatic carbocycles. The Labute approximate surface area is 125 Å². The molecule has 0 bridgehead atoms. The first-order valence-corrected chi connectivity index (χ1v) is 7.35. The summed E-state index contributed by atoms with van der Waals surface area (Å²) in [7, 11) is 0. The fourth-order valence-corrected chi connectivity index (χ4v) is 1.57. The molecule has 0 amide bonds. The van der Waals surface area contributed by atoms with Crippen molar-refractivity contribution in [1.29, 1.82) is 0 Å². The van der Waals surface area contributed by atoms with Crippen molar-refractivity contribution in [2.45, 2.75) is 66.1 Å². The van der Waals surface area contributed by atoms with Crippen LogP contribution in [0.3, 0.4) is 0 Å². The van der Waals surface area contributed by atoms with Gasteiger partial charge in [0.15, 0.2) is 0 Å². The van der Waals surface area contributed by atoms with Crippen molar-refractivity contribution in [3.63, 3.8) is 0 Å². The smallest absolute Gasteiger partial charge is 0.309 e. The van der Waals surface area contributed by atoms with E-state index in [2.05, 4.69) is 0 Å². The summed E-state index contributed by atoms with van der Waals surface area (Å²) in [6.45, 7) is 8.64. The van der Waals surface area contributed by atoms with Crippen LogP contribution in [0.25, 0.3) is 0 Å². The number of carboxylic acids is 1. The van der Waals surface area contributed by atoms with Crippen LogP contribution in [0.1, 0.15) is 53.9 Å². The Morgan fingerprint density at radius 3 is 1.86 bits per heavy atom. The van der Waals surface area contributed by atoms with Gasteiger partial charge in [0.1, 0.15) is 0 Å². The summed E-state index contributed by atoms with van der Waals surface area (Å²) in [5, 5.41) is 9.21. The van der Waals surface area contributed by atoms with Gasteiger partial charge < -0.3 is 14.6 Å². The Balaban J connectivity index is 4.70. The highest BCUT2D eigenvalue weighted by Gasteiger charge is 2.34. The molecular formula is C15H26O6. The van der Waals surface area contributed by atoms with Crippen molar-refractivity contribution in [1.82, 2.24) is 0 Å². The SMILES string of the molecule is CCC(C)OC(=O)CC(C(=O)O)C(C)C(=O)OC(C)CC. The summed E-state index contributed by atoms with van der Waals surface area (Å²) in [6.07, 6.45) is 0.411. The first kappa shape index (κ1) is 19.4. The Hall–Kier alpha value is -1.59. The lowest BCUT2D eigenvalue weighted by molar-refractivity contribution is -0.164. The van der Waals surface area contributed by atoms with Gasteiger partial charge in [0.2, 0.25) is 0 Å². The van der Waals surface area contributed by atoms with Crippen molar-refractivity contribution in [2.24, 2.45) is 11.8 Å². The number of aliphatic carboxylic acids is 1. The van der Waals surface area contributed by atoms with E-state index in [0.29, 0.717) is 12.8 Å². The maximum atomic E-state index is 11.9. The summed E-state index contributed by atoms with van der Waals surface area (Å²) < 4.78 is 10.2. The Morgan fingerprint density at radius 2 is 1.43 bits per heavy atom. The lowest BCUT2D eigenvalue weighted by atomic mass is 9.91. The van der Waals surface area contributed by atoms with E-state index in [9.17, 15) is 19.5 Å². The molecule has 0 rings (SSSR count). The van der Waals surface area contributed by atoms with Crippen molar-refractivity contribution in [2.75, 3.05) is 0 Å². The number of rotatable bonds is 9. The predicted octanol–water partition coefficient (Wildman–Crippen LogP) is 2.40. The molecule has 21 heavy (non-hydrogen) atoms. The highest BCUT2D eigenvalue weighted by atomic mass is 16.5. The number of hydrogen-bond donors (Lipinski definition) is 1. The molecule has 1 N–H and O–H groups in total. The summed E-state index contributed by atoms with van der Waals surface area (Å²) in [5.41, 5.74) is 0. The molecule has 0 fully saturated rings. The maximum absolute atomic E-state index is 11.9. The fourth-order valence-electron chi connectivity index (χ4n) is 1.57. The van der Waals surface area contributed by atoms with Crippen LogP contribution in [0, 0.1) is 11.8 Å². The van der Waals surface area contributed by atoms with E-state index in [0.717, 1.165) is 0 Å². The Kier molecular flexibility index (Phi) is 8.66. The molecule has 4 unspecified atom stereocenters. The zero-order valence-corrected chi connectivity index (χ0v) is 13.4. The molecule has 0 aliphatic heterocycles. The molecule has 0 spiro atoms. The molecule has 0 saturated heterocycles.